The number of rotatable bonds is 3. The first-order valence-electron chi connectivity index (χ1n) is 4.05. The molecular weight excluding hydrogens is 187 g/mol. The molecule has 0 saturated heterocycles. The summed E-state index contributed by atoms with van der Waals surface area (Å²) in [5.74, 6) is -0.834. The van der Waals surface area contributed by atoms with E-state index in [1.165, 1.54) is 20.3 Å². The highest BCUT2D eigenvalue weighted by molar-refractivity contribution is 5.44. The van der Waals surface area contributed by atoms with Crippen LogP contribution in [0.25, 0.3) is 0 Å². The van der Waals surface area contributed by atoms with Crippen molar-refractivity contribution in [1.29, 1.82) is 0 Å². The van der Waals surface area contributed by atoms with Gasteiger partial charge in [-0.2, -0.15) is 4.39 Å². The Morgan fingerprint density at radius 2 is 1.79 bits per heavy atom. The molecule has 0 aromatic heterocycles. The highest BCUT2D eigenvalue weighted by atomic mass is 19.2. The van der Waals surface area contributed by atoms with Crippen LogP contribution in [0.3, 0.4) is 0 Å². The number of halogens is 1. The maximum atomic E-state index is 13.4. The Labute approximate surface area is 80.4 Å². The highest BCUT2D eigenvalue weighted by Gasteiger charge is 2.42. The number of benzene rings is 1. The second-order valence-electron chi connectivity index (χ2n) is 2.86. The van der Waals surface area contributed by atoms with Gasteiger partial charge in [-0.25, -0.2) is 0 Å². The van der Waals surface area contributed by atoms with Crippen LogP contribution in [0.2, 0.25) is 0 Å². The zero-order valence-electron chi connectivity index (χ0n) is 7.82. The van der Waals surface area contributed by atoms with E-state index in [2.05, 4.69) is 10.2 Å². The molecule has 0 bridgehead atoms. The van der Waals surface area contributed by atoms with Gasteiger partial charge < -0.3 is 9.47 Å². The number of methoxy groups -OCH3 is 2. The molecule has 0 spiro atoms. The third-order valence-electron chi connectivity index (χ3n) is 2.03. The van der Waals surface area contributed by atoms with Gasteiger partial charge in [0.25, 0.3) is 0 Å². The average Bonchev–Trinajstić information content (AvgIpc) is 2.97. The Hall–Kier alpha value is -1.65. The molecule has 0 amide bonds. The van der Waals surface area contributed by atoms with Crippen molar-refractivity contribution in [2.75, 3.05) is 14.2 Å². The summed E-state index contributed by atoms with van der Waals surface area (Å²) in [6.07, 6.45) is 0. The predicted molar refractivity (Wildman–Crippen MR) is 47.2 cm³/mol. The van der Waals surface area contributed by atoms with Crippen molar-refractivity contribution in [2.24, 2.45) is 10.2 Å². The second kappa shape index (κ2) is 2.94. The molecule has 0 fully saturated rings. The molecule has 1 heterocycles. The first kappa shape index (κ1) is 8.93. The molecule has 74 valence electrons. The Morgan fingerprint density at radius 3 is 2.29 bits per heavy atom. The molecule has 0 atom stereocenters. The number of nitrogens with zero attached hydrogens (tertiary/aromatic N) is 2. The molecule has 1 aromatic carbocycles. The van der Waals surface area contributed by atoms with Crippen LogP contribution in [0, 0.1) is 0 Å². The fourth-order valence-corrected chi connectivity index (χ4v) is 1.19. The summed E-state index contributed by atoms with van der Waals surface area (Å²) in [5.41, 5.74) is 0.357. The molecule has 1 aliphatic rings. The summed E-state index contributed by atoms with van der Waals surface area (Å²) in [6.45, 7) is 0. The lowest BCUT2D eigenvalue weighted by Gasteiger charge is -2.09. The predicted octanol–water partition coefficient (Wildman–Crippen LogP) is 2.25. The van der Waals surface area contributed by atoms with Gasteiger partial charge in [0.05, 0.1) is 14.2 Å². The van der Waals surface area contributed by atoms with Gasteiger partial charge in [-0.3, -0.25) is 0 Å². The van der Waals surface area contributed by atoms with E-state index in [0.717, 1.165) is 0 Å². The monoisotopic (exact) mass is 196 g/mol. The number of hydrogen-bond donors (Lipinski definition) is 0. The van der Waals surface area contributed by atoms with E-state index >= 15 is 0 Å². The largest absolute Gasteiger partial charge is 0.493 e. The van der Waals surface area contributed by atoms with Crippen LogP contribution in [0.5, 0.6) is 11.5 Å². The first-order chi connectivity index (χ1) is 6.69. The van der Waals surface area contributed by atoms with Crippen LogP contribution < -0.4 is 9.47 Å². The maximum absolute atomic E-state index is 13.4. The molecule has 2 rings (SSSR count). The van der Waals surface area contributed by atoms with Gasteiger partial charge in [0.15, 0.2) is 11.5 Å². The van der Waals surface area contributed by atoms with E-state index in [0.29, 0.717) is 17.1 Å². The van der Waals surface area contributed by atoms with Crippen molar-refractivity contribution in [3.8, 4) is 11.5 Å². The van der Waals surface area contributed by atoms with E-state index in [4.69, 9.17) is 9.47 Å². The molecule has 14 heavy (non-hydrogen) atoms. The third-order valence-corrected chi connectivity index (χ3v) is 2.03. The average molecular weight is 196 g/mol. The maximum Gasteiger partial charge on any atom is 0.355 e. The molecule has 5 heteroatoms. The smallest absolute Gasteiger partial charge is 0.355 e. The SMILES string of the molecule is COc1ccc(C2(F)N=N2)cc1OC. The quantitative estimate of drug-likeness (QED) is 0.696. The summed E-state index contributed by atoms with van der Waals surface area (Å²) in [6, 6.07) is 4.72. The van der Waals surface area contributed by atoms with E-state index < -0.39 is 5.92 Å². The zero-order valence-corrected chi connectivity index (χ0v) is 7.82. The highest BCUT2D eigenvalue weighted by Crippen LogP contribution is 2.43. The Kier molecular flexibility index (Phi) is 1.87. The van der Waals surface area contributed by atoms with E-state index in [-0.39, 0.29) is 0 Å². The second-order valence-corrected chi connectivity index (χ2v) is 2.86. The summed E-state index contributed by atoms with van der Waals surface area (Å²) < 4.78 is 23.4. The van der Waals surface area contributed by atoms with Crippen LogP contribution in [-0.4, -0.2) is 14.2 Å². The number of hydrogen-bond acceptors (Lipinski definition) is 4. The lowest BCUT2D eigenvalue weighted by atomic mass is 10.1. The molecule has 0 aliphatic carbocycles. The van der Waals surface area contributed by atoms with Gasteiger partial charge in [0, 0.05) is 5.56 Å². The Bertz CT molecular complexity index is 386. The van der Waals surface area contributed by atoms with Gasteiger partial charge in [0.2, 0.25) is 0 Å². The van der Waals surface area contributed by atoms with Crippen LogP contribution in [0.1, 0.15) is 5.56 Å². The third kappa shape index (κ3) is 1.30. The lowest BCUT2D eigenvalue weighted by molar-refractivity contribution is 0.287. The fraction of sp³-hybridized carbons (Fsp3) is 0.333. The first-order valence-corrected chi connectivity index (χ1v) is 4.05. The Morgan fingerprint density at radius 1 is 1.14 bits per heavy atom. The van der Waals surface area contributed by atoms with Crippen molar-refractivity contribution in [1.82, 2.24) is 0 Å². The van der Waals surface area contributed by atoms with Crippen LogP contribution in [0.15, 0.2) is 28.4 Å². The normalized spacial score (nSPS) is 16.5. The molecular formula is C9H9FN2O2. The summed E-state index contributed by atoms with van der Waals surface area (Å²) in [7, 11) is 3.02. The van der Waals surface area contributed by atoms with E-state index in [1.807, 2.05) is 0 Å². The number of ether oxygens (including phenoxy) is 2. The van der Waals surface area contributed by atoms with E-state index in [1.54, 1.807) is 12.1 Å². The minimum absolute atomic E-state index is 0.357. The molecule has 0 saturated carbocycles. The van der Waals surface area contributed by atoms with Crippen molar-refractivity contribution in [3.05, 3.63) is 23.8 Å². The van der Waals surface area contributed by atoms with Crippen LogP contribution >= 0.6 is 0 Å². The summed E-state index contributed by atoms with van der Waals surface area (Å²) >= 11 is 0. The molecule has 4 nitrogen and oxygen atoms in total. The molecule has 1 aliphatic heterocycles. The summed E-state index contributed by atoms with van der Waals surface area (Å²) in [5, 5.41) is 6.59. The van der Waals surface area contributed by atoms with Crippen molar-refractivity contribution in [2.45, 2.75) is 5.92 Å². The molecule has 0 N–H and O–H groups in total. The van der Waals surface area contributed by atoms with Crippen LogP contribution in [0.4, 0.5) is 4.39 Å². The fourth-order valence-electron chi connectivity index (χ4n) is 1.19. The van der Waals surface area contributed by atoms with E-state index in [9.17, 15) is 4.39 Å². The molecule has 0 radical (unpaired) electrons. The van der Waals surface area contributed by atoms with Crippen molar-refractivity contribution >= 4 is 0 Å². The minimum Gasteiger partial charge on any atom is -0.493 e. The minimum atomic E-state index is -1.86. The van der Waals surface area contributed by atoms with Gasteiger partial charge in [-0.1, -0.05) is 0 Å². The van der Waals surface area contributed by atoms with Crippen molar-refractivity contribution in [3.63, 3.8) is 0 Å². The molecule has 1 aromatic rings. The lowest BCUT2D eigenvalue weighted by Crippen LogP contribution is -2.00. The van der Waals surface area contributed by atoms with Gasteiger partial charge >= 0.3 is 5.92 Å². The van der Waals surface area contributed by atoms with Gasteiger partial charge in [-0.05, 0) is 18.2 Å². The summed E-state index contributed by atoms with van der Waals surface area (Å²) in [4.78, 5) is 0. The molecule has 0 unspecified atom stereocenters. The number of alkyl halides is 1. The zero-order chi connectivity index (χ0) is 10.2. The van der Waals surface area contributed by atoms with Crippen molar-refractivity contribution < 1.29 is 13.9 Å². The van der Waals surface area contributed by atoms with Crippen LogP contribution in [-0.2, 0) is 5.92 Å². The van der Waals surface area contributed by atoms with Gasteiger partial charge in [-0.15, -0.1) is 10.2 Å². The van der Waals surface area contributed by atoms with Gasteiger partial charge in [0.1, 0.15) is 0 Å². The standard InChI is InChI=1S/C9H9FN2O2/c1-13-7-4-3-6(5-8(7)14-2)9(10)11-12-9/h3-5H,1-2H3. The topological polar surface area (TPSA) is 43.2 Å². The Balaban J connectivity index is 2.37.